The lowest BCUT2D eigenvalue weighted by atomic mass is 10.2. The lowest BCUT2D eigenvalue weighted by Crippen LogP contribution is -2.04. The number of nitrogens with zero attached hydrogens (tertiary/aromatic N) is 1. The number of methoxy groups -OCH3 is 1. The van der Waals surface area contributed by atoms with Crippen molar-refractivity contribution in [2.24, 2.45) is 4.99 Å². The summed E-state index contributed by atoms with van der Waals surface area (Å²) < 4.78 is 11.6. The first-order valence-corrected chi connectivity index (χ1v) is 9.10. The molecular weight excluding hydrogens is 370 g/mol. The first-order valence-electron chi connectivity index (χ1n) is 7.91. The first-order chi connectivity index (χ1) is 12.5. The maximum absolute atomic E-state index is 12.2. The quantitative estimate of drug-likeness (QED) is 0.460. The van der Waals surface area contributed by atoms with E-state index in [-0.39, 0.29) is 11.6 Å². The fraction of sp³-hybridized carbons (Fsp3) is 0.100. The number of benzene rings is 2. The Balaban J connectivity index is 1.74. The third-order valence-corrected chi connectivity index (χ3v) is 5.64. The van der Waals surface area contributed by atoms with E-state index in [2.05, 4.69) is 11.1 Å². The fourth-order valence-electron chi connectivity index (χ4n) is 2.71. The summed E-state index contributed by atoms with van der Waals surface area (Å²) in [5, 5.41) is 1.49. The molecule has 4 rings (SSSR count). The molecule has 0 fully saturated rings. The second-order valence-corrected chi connectivity index (χ2v) is 7.29. The van der Waals surface area contributed by atoms with Crippen LogP contribution in [-0.2, 0) is 9.53 Å². The van der Waals surface area contributed by atoms with Gasteiger partial charge in [-0.2, -0.15) is 0 Å². The van der Waals surface area contributed by atoms with E-state index in [1.54, 1.807) is 13.2 Å². The smallest absolute Gasteiger partial charge is 0.363 e. The highest BCUT2D eigenvalue weighted by Crippen LogP contribution is 2.38. The molecule has 4 nitrogen and oxygen atoms in total. The van der Waals surface area contributed by atoms with E-state index in [0.717, 1.165) is 21.2 Å². The SMILES string of the molecule is COc1cccc(/C=C2/N=C(c3sc4cc(C)ccc4c3Cl)OC2=O)c1. The number of ether oxygens (including phenoxy) is 2. The number of cyclic esters (lactones) is 1. The Morgan fingerprint density at radius 1 is 1.23 bits per heavy atom. The van der Waals surface area contributed by atoms with Crippen LogP contribution in [0.5, 0.6) is 5.75 Å². The van der Waals surface area contributed by atoms with Crippen molar-refractivity contribution in [2.75, 3.05) is 7.11 Å². The molecule has 0 amide bonds. The second-order valence-electron chi connectivity index (χ2n) is 5.86. The van der Waals surface area contributed by atoms with Crippen molar-refractivity contribution in [1.29, 1.82) is 0 Å². The van der Waals surface area contributed by atoms with Gasteiger partial charge in [0, 0.05) is 10.1 Å². The largest absolute Gasteiger partial charge is 0.497 e. The Labute approximate surface area is 159 Å². The molecule has 130 valence electrons. The first kappa shape index (κ1) is 16.8. The van der Waals surface area contributed by atoms with Crippen LogP contribution in [0.2, 0.25) is 5.02 Å². The molecule has 0 N–H and O–H groups in total. The van der Waals surface area contributed by atoms with E-state index in [4.69, 9.17) is 21.1 Å². The molecule has 0 radical (unpaired) electrons. The number of thiophene rings is 1. The van der Waals surface area contributed by atoms with Crippen molar-refractivity contribution in [3.05, 3.63) is 69.2 Å². The predicted molar refractivity (Wildman–Crippen MR) is 105 cm³/mol. The van der Waals surface area contributed by atoms with E-state index in [9.17, 15) is 4.79 Å². The average molecular weight is 384 g/mol. The average Bonchev–Trinajstić information content (AvgIpc) is 3.15. The van der Waals surface area contributed by atoms with Crippen molar-refractivity contribution in [2.45, 2.75) is 6.92 Å². The highest BCUT2D eigenvalue weighted by molar-refractivity contribution is 7.21. The Morgan fingerprint density at radius 3 is 2.88 bits per heavy atom. The highest BCUT2D eigenvalue weighted by atomic mass is 35.5. The molecule has 0 saturated heterocycles. The van der Waals surface area contributed by atoms with Gasteiger partial charge in [-0.25, -0.2) is 9.79 Å². The van der Waals surface area contributed by atoms with Gasteiger partial charge in [-0.05, 0) is 42.3 Å². The molecule has 0 atom stereocenters. The van der Waals surface area contributed by atoms with E-state index >= 15 is 0 Å². The van der Waals surface area contributed by atoms with Crippen LogP contribution < -0.4 is 4.74 Å². The summed E-state index contributed by atoms with van der Waals surface area (Å²) in [7, 11) is 1.59. The summed E-state index contributed by atoms with van der Waals surface area (Å²) in [5.41, 5.74) is 2.18. The van der Waals surface area contributed by atoms with Crippen LogP contribution in [0.15, 0.2) is 53.2 Å². The Bertz CT molecular complexity index is 1100. The van der Waals surface area contributed by atoms with Gasteiger partial charge in [-0.15, -0.1) is 11.3 Å². The van der Waals surface area contributed by atoms with Gasteiger partial charge in [0.25, 0.3) is 0 Å². The summed E-state index contributed by atoms with van der Waals surface area (Å²) in [6, 6.07) is 13.4. The number of hydrogen-bond donors (Lipinski definition) is 0. The van der Waals surface area contributed by atoms with Crippen LogP contribution in [-0.4, -0.2) is 19.0 Å². The lowest BCUT2D eigenvalue weighted by Gasteiger charge is -2.00. The number of carbonyl (C=O) groups excluding carboxylic acids is 1. The summed E-state index contributed by atoms with van der Waals surface area (Å²) in [6.07, 6.45) is 1.67. The zero-order chi connectivity index (χ0) is 18.3. The number of rotatable bonds is 3. The number of carbonyl (C=O) groups is 1. The molecule has 1 aromatic heterocycles. The summed E-state index contributed by atoms with van der Waals surface area (Å²) >= 11 is 7.95. The number of fused-ring (bicyclic) bond motifs is 1. The molecule has 3 aromatic rings. The number of aryl methyl sites for hydroxylation is 1. The van der Waals surface area contributed by atoms with Crippen LogP contribution in [0.25, 0.3) is 16.2 Å². The minimum Gasteiger partial charge on any atom is -0.497 e. The topological polar surface area (TPSA) is 47.9 Å². The predicted octanol–water partition coefficient (Wildman–Crippen LogP) is 5.22. The van der Waals surface area contributed by atoms with E-state index in [1.807, 2.05) is 43.3 Å². The molecule has 0 saturated carbocycles. The van der Waals surface area contributed by atoms with Crippen molar-refractivity contribution in [1.82, 2.24) is 0 Å². The summed E-state index contributed by atoms with van der Waals surface area (Å²) in [5.74, 6) is 0.457. The van der Waals surface area contributed by atoms with Gasteiger partial charge in [-0.3, -0.25) is 0 Å². The number of esters is 1. The van der Waals surface area contributed by atoms with Crippen molar-refractivity contribution in [3.63, 3.8) is 0 Å². The molecule has 1 aliphatic rings. The van der Waals surface area contributed by atoms with Gasteiger partial charge >= 0.3 is 5.97 Å². The zero-order valence-corrected chi connectivity index (χ0v) is 15.6. The van der Waals surface area contributed by atoms with E-state index in [0.29, 0.717) is 15.6 Å². The fourth-order valence-corrected chi connectivity index (χ4v) is 4.24. The maximum Gasteiger partial charge on any atom is 0.363 e. The monoisotopic (exact) mass is 383 g/mol. The van der Waals surface area contributed by atoms with Crippen LogP contribution in [0, 0.1) is 6.92 Å². The summed E-state index contributed by atoms with van der Waals surface area (Å²) in [4.78, 5) is 17.2. The Morgan fingerprint density at radius 2 is 2.08 bits per heavy atom. The third-order valence-electron chi connectivity index (χ3n) is 4.00. The van der Waals surface area contributed by atoms with E-state index < -0.39 is 5.97 Å². The van der Waals surface area contributed by atoms with Gasteiger partial charge in [0.2, 0.25) is 5.90 Å². The van der Waals surface area contributed by atoms with E-state index in [1.165, 1.54) is 11.3 Å². The molecule has 2 aromatic carbocycles. The van der Waals surface area contributed by atoms with Crippen LogP contribution in [0.4, 0.5) is 0 Å². The summed E-state index contributed by atoms with van der Waals surface area (Å²) in [6.45, 7) is 2.02. The molecule has 1 aliphatic heterocycles. The molecule has 0 bridgehead atoms. The number of halogens is 1. The van der Waals surface area contributed by atoms with Crippen LogP contribution in [0.3, 0.4) is 0 Å². The zero-order valence-electron chi connectivity index (χ0n) is 14.1. The molecular formula is C20H14ClNO3S. The van der Waals surface area contributed by atoms with Crippen molar-refractivity contribution >= 4 is 51.0 Å². The molecule has 0 unspecified atom stereocenters. The molecule has 0 spiro atoms. The molecule has 26 heavy (non-hydrogen) atoms. The molecule has 6 heteroatoms. The van der Waals surface area contributed by atoms with Gasteiger partial charge in [0.1, 0.15) is 10.6 Å². The molecule has 2 heterocycles. The number of hydrogen-bond acceptors (Lipinski definition) is 5. The molecule has 0 aliphatic carbocycles. The van der Waals surface area contributed by atoms with Gasteiger partial charge < -0.3 is 9.47 Å². The minimum absolute atomic E-state index is 0.234. The van der Waals surface area contributed by atoms with Crippen molar-refractivity contribution in [3.8, 4) is 5.75 Å². The maximum atomic E-state index is 12.2. The van der Waals surface area contributed by atoms with Crippen molar-refractivity contribution < 1.29 is 14.3 Å². The van der Waals surface area contributed by atoms with Gasteiger partial charge in [0.05, 0.1) is 12.1 Å². The highest BCUT2D eigenvalue weighted by Gasteiger charge is 2.28. The van der Waals surface area contributed by atoms with Gasteiger partial charge in [0.15, 0.2) is 5.70 Å². The van der Waals surface area contributed by atoms with Crippen LogP contribution >= 0.6 is 22.9 Å². The lowest BCUT2D eigenvalue weighted by molar-refractivity contribution is -0.129. The Hall–Kier alpha value is -2.63. The van der Waals surface area contributed by atoms with Gasteiger partial charge in [-0.1, -0.05) is 35.9 Å². The second kappa shape index (κ2) is 6.59. The standard InChI is InChI=1S/C20H14ClNO3S/c1-11-6-7-14-16(8-11)26-18(17(14)21)19-22-15(20(23)25-19)10-12-4-3-5-13(9-12)24-2/h3-10H,1-2H3/b15-10+. The third kappa shape index (κ3) is 3.00. The Kier molecular flexibility index (Phi) is 4.26. The normalized spacial score (nSPS) is 15.4. The minimum atomic E-state index is -0.493. The van der Waals surface area contributed by atoms with Crippen LogP contribution in [0.1, 0.15) is 16.0 Å². The number of aliphatic imine (C=N–C) groups is 1.